The highest BCUT2D eigenvalue weighted by Gasteiger charge is 2.28. The Morgan fingerprint density at radius 3 is 2.37 bits per heavy atom. The van der Waals surface area contributed by atoms with Crippen molar-refractivity contribution in [1.29, 1.82) is 0 Å². The number of aryl methyl sites for hydroxylation is 1. The van der Waals surface area contributed by atoms with E-state index < -0.39 is 0 Å². The number of anilines is 1. The summed E-state index contributed by atoms with van der Waals surface area (Å²) in [6.45, 7) is 7.15. The number of amides is 1. The second-order valence-corrected chi connectivity index (χ2v) is 7.35. The average molecular weight is 363 g/mol. The van der Waals surface area contributed by atoms with Gasteiger partial charge in [0.1, 0.15) is 0 Å². The van der Waals surface area contributed by atoms with Gasteiger partial charge in [-0.25, -0.2) is 0 Å². The Labute approximate surface area is 163 Å². The second-order valence-electron chi connectivity index (χ2n) is 7.35. The van der Waals surface area contributed by atoms with Crippen LogP contribution in [-0.2, 0) is 11.2 Å². The van der Waals surface area contributed by atoms with Crippen molar-refractivity contribution >= 4 is 11.6 Å². The lowest BCUT2D eigenvalue weighted by Gasteiger charge is -2.38. The summed E-state index contributed by atoms with van der Waals surface area (Å²) in [5, 5.41) is 0. The number of rotatable bonds is 6. The molecular weight excluding hydrogens is 332 g/mol. The quantitative estimate of drug-likeness (QED) is 0.701. The van der Waals surface area contributed by atoms with Gasteiger partial charge in [-0.05, 0) is 56.9 Å². The molecule has 2 aromatic carbocycles. The molecule has 3 rings (SSSR count). The molecule has 2 aromatic rings. The molecule has 0 saturated carbocycles. The number of piperidine rings is 1. The molecule has 0 N–H and O–H groups in total. The maximum Gasteiger partial charge on any atom is 0.250 e. The van der Waals surface area contributed by atoms with Crippen LogP contribution in [0.5, 0.6) is 0 Å². The first-order valence-corrected chi connectivity index (χ1v) is 9.96. The summed E-state index contributed by atoms with van der Waals surface area (Å²) < 4.78 is 0. The van der Waals surface area contributed by atoms with Gasteiger partial charge in [0.25, 0.3) is 5.91 Å². The standard InChI is InChI=1S/C24H30N2O/c1-3-7-24(27)26(22-12-10-20(2)11-13-22)23-15-18-25(19-16-23)17-14-21-8-5-4-6-9-21/h3-13,23H,14-19H2,1-2H3/b7-3+. The van der Waals surface area contributed by atoms with E-state index in [1.165, 1.54) is 11.1 Å². The summed E-state index contributed by atoms with van der Waals surface area (Å²) in [5.74, 6) is 0.0871. The van der Waals surface area contributed by atoms with Gasteiger partial charge >= 0.3 is 0 Å². The molecule has 0 aromatic heterocycles. The van der Waals surface area contributed by atoms with Crippen molar-refractivity contribution in [2.45, 2.75) is 39.2 Å². The molecule has 3 heteroatoms. The fourth-order valence-electron chi connectivity index (χ4n) is 3.78. The van der Waals surface area contributed by atoms with E-state index in [1.54, 1.807) is 6.08 Å². The predicted molar refractivity (Wildman–Crippen MR) is 113 cm³/mol. The van der Waals surface area contributed by atoms with Crippen LogP contribution in [0, 0.1) is 6.92 Å². The highest BCUT2D eigenvalue weighted by Crippen LogP contribution is 2.25. The first kappa shape index (κ1) is 19.4. The molecule has 0 bridgehead atoms. The zero-order valence-corrected chi connectivity index (χ0v) is 16.5. The summed E-state index contributed by atoms with van der Waals surface area (Å²) in [6, 6.07) is 19.2. The lowest BCUT2D eigenvalue weighted by atomic mass is 10.0. The minimum absolute atomic E-state index is 0.0871. The van der Waals surface area contributed by atoms with E-state index >= 15 is 0 Å². The molecule has 0 spiro atoms. The highest BCUT2D eigenvalue weighted by molar-refractivity contribution is 6.01. The molecule has 1 amide bonds. The topological polar surface area (TPSA) is 23.6 Å². The number of allylic oxidation sites excluding steroid dienone is 1. The highest BCUT2D eigenvalue weighted by atomic mass is 16.2. The van der Waals surface area contributed by atoms with Crippen LogP contribution in [0.2, 0.25) is 0 Å². The molecule has 0 radical (unpaired) electrons. The van der Waals surface area contributed by atoms with Gasteiger partial charge in [0.15, 0.2) is 0 Å². The van der Waals surface area contributed by atoms with Crippen LogP contribution in [0.25, 0.3) is 0 Å². The number of nitrogens with zero attached hydrogens (tertiary/aromatic N) is 2. The molecule has 1 heterocycles. The third-order valence-corrected chi connectivity index (χ3v) is 5.34. The lowest BCUT2D eigenvalue weighted by Crippen LogP contribution is -2.47. The largest absolute Gasteiger partial charge is 0.306 e. The molecule has 1 fully saturated rings. The van der Waals surface area contributed by atoms with Crippen molar-refractivity contribution in [3.05, 3.63) is 77.9 Å². The van der Waals surface area contributed by atoms with Crippen molar-refractivity contribution < 1.29 is 4.79 Å². The van der Waals surface area contributed by atoms with Gasteiger partial charge in [-0.15, -0.1) is 0 Å². The number of hydrogen-bond acceptors (Lipinski definition) is 2. The molecule has 3 nitrogen and oxygen atoms in total. The van der Waals surface area contributed by atoms with Gasteiger partial charge in [-0.1, -0.05) is 54.1 Å². The minimum atomic E-state index is 0.0871. The average Bonchev–Trinajstić information content (AvgIpc) is 2.70. The van der Waals surface area contributed by atoms with Gasteiger partial charge in [0.05, 0.1) is 0 Å². The summed E-state index contributed by atoms with van der Waals surface area (Å²) in [4.78, 5) is 17.3. The van der Waals surface area contributed by atoms with E-state index in [4.69, 9.17) is 0 Å². The maximum absolute atomic E-state index is 12.7. The normalized spacial score (nSPS) is 15.9. The van der Waals surface area contributed by atoms with Crippen LogP contribution in [0.3, 0.4) is 0 Å². The fourth-order valence-corrected chi connectivity index (χ4v) is 3.78. The minimum Gasteiger partial charge on any atom is -0.306 e. The molecule has 142 valence electrons. The van der Waals surface area contributed by atoms with Crippen LogP contribution < -0.4 is 4.90 Å². The Bertz CT molecular complexity index is 744. The van der Waals surface area contributed by atoms with Crippen LogP contribution in [0.4, 0.5) is 5.69 Å². The summed E-state index contributed by atoms with van der Waals surface area (Å²) in [6.07, 6.45) is 6.64. The van der Waals surface area contributed by atoms with E-state index in [9.17, 15) is 4.79 Å². The van der Waals surface area contributed by atoms with Crippen LogP contribution >= 0.6 is 0 Å². The van der Waals surface area contributed by atoms with E-state index in [-0.39, 0.29) is 11.9 Å². The molecule has 1 aliphatic rings. The van der Waals surface area contributed by atoms with Gasteiger partial charge in [0, 0.05) is 31.4 Å². The zero-order chi connectivity index (χ0) is 19.1. The van der Waals surface area contributed by atoms with Crippen molar-refractivity contribution in [1.82, 2.24) is 4.90 Å². The Hall–Kier alpha value is -2.39. The maximum atomic E-state index is 12.7. The fraction of sp³-hybridized carbons (Fsp3) is 0.375. The number of benzene rings is 2. The van der Waals surface area contributed by atoms with E-state index in [0.717, 1.165) is 44.6 Å². The first-order chi connectivity index (χ1) is 13.2. The molecule has 1 saturated heterocycles. The summed E-state index contributed by atoms with van der Waals surface area (Å²) >= 11 is 0. The summed E-state index contributed by atoms with van der Waals surface area (Å²) in [7, 11) is 0. The monoisotopic (exact) mass is 362 g/mol. The lowest BCUT2D eigenvalue weighted by molar-refractivity contribution is -0.114. The van der Waals surface area contributed by atoms with E-state index in [0.29, 0.717) is 0 Å². The number of likely N-dealkylation sites (tertiary alicyclic amines) is 1. The SMILES string of the molecule is C/C=C/C(=O)N(c1ccc(C)cc1)C1CCN(CCc2ccccc2)CC1. The van der Waals surface area contributed by atoms with Gasteiger partial charge in [-0.2, -0.15) is 0 Å². The van der Waals surface area contributed by atoms with Gasteiger partial charge < -0.3 is 9.80 Å². The Kier molecular flexibility index (Phi) is 6.83. The molecular formula is C24H30N2O. The van der Waals surface area contributed by atoms with Crippen LogP contribution in [0.1, 0.15) is 30.9 Å². The van der Waals surface area contributed by atoms with Crippen molar-refractivity contribution in [3.8, 4) is 0 Å². The molecule has 0 aliphatic carbocycles. The van der Waals surface area contributed by atoms with E-state index in [1.807, 2.05) is 17.9 Å². The Morgan fingerprint density at radius 1 is 1.07 bits per heavy atom. The third kappa shape index (κ3) is 5.30. The van der Waals surface area contributed by atoms with Crippen molar-refractivity contribution in [2.75, 3.05) is 24.5 Å². The number of carbonyl (C=O) groups is 1. The molecule has 0 atom stereocenters. The van der Waals surface area contributed by atoms with Crippen LogP contribution in [-0.4, -0.2) is 36.5 Å². The second kappa shape index (κ2) is 9.52. The van der Waals surface area contributed by atoms with Gasteiger partial charge in [0.2, 0.25) is 0 Å². The summed E-state index contributed by atoms with van der Waals surface area (Å²) in [5.41, 5.74) is 3.61. The number of carbonyl (C=O) groups excluding carboxylic acids is 1. The molecule has 27 heavy (non-hydrogen) atoms. The number of hydrogen-bond donors (Lipinski definition) is 0. The molecule has 0 unspecified atom stereocenters. The predicted octanol–water partition coefficient (Wildman–Crippen LogP) is 4.61. The Morgan fingerprint density at radius 2 is 1.74 bits per heavy atom. The first-order valence-electron chi connectivity index (χ1n) is 9.96. The smallest absolute Gasteiger partial charge is 0.250 e. The third-order valence-electron chi connectivity index (χ3n) is 5.34. The zero-order valence-electron chi connectivity index (χ0n) is 16.5. The van der Waals surface area contributed by atoms with Crippen LogP contribution in [0.15, 0.2) is 66.7 Å². The molecule has 1 aliphatic heterocycles. The van der Waals surface area contributed by atoms with E-state index in [2.05, 4.69) is 66.4 Å². The van der Waals surface area contributed by atoms with Gasteiger partial charge in [-0.3, -0.25) is 4.79 Å². The van der Waals surface area contributed by atoms with Crippen molar-refractivity contribution in [2.24, 2.45) is 0 Å². The Balaban J connectivity index is 1.62. The van der Waals surface area contributed by atoms with Crippen molar-refractivity contribution in [3.63, 3.8) is 0 Å².